The fourth-order valence-corrected chi connectivity index (χ4v) is 4.37. The average molecular weight is 437 g/mol. The van der Waals surface area contributed by atoms with E-state index in [0.717, 1.165) is 58.3 Å². The number of halogens is 1. The molecule has 1 N–H and O–H groups in total. The zero-order valence-corrected chi connectivity index (χ0v) is 18.6. The molecule has 0 bridgehead atoms. The third kappa shape index (κ3) is 6.08. The Hall–Kier alpha value is -1.86. The monoisotopic (exact) mass is 436 g/mol. The van der Waals surface area contributed by atoms with Crippen LogP contribution < -0.4 is 10.2 Å². The molecule has 0 saturated carbocycles. The van der Waals surface area contributed by atoms with Crippen LogP contribution in [-0.2, 0) is 9.53 Å². The quantitative estimate of drug-likeness (QED) is 0.634. The topological polar surface area (TPSA) is 74.8 Å². The van der Waals surface area contributed by atoms with Gasteiger partial charge in [0.05, 0.1) is 10.6 Å². The number of carbonyl (C=O) groups is 2. The second kappa shape index (κ2) is 11.5. The van der Waals surface area contributed by atoms with Crippen molar-refractivity contribution in [2.75, 3.05) is 50.8 Å². The molecule has 166 valence electrons. The first-order valence-corrected chi connectivity index (χ1v) is 11.5. The molecule has 3 heterocycles. The van der Waals surface area contributed by atoms with Crippen molar-refractivity contribution in [3.8, 4) is 0 Å². The van der Waals surface area contributed by atoms with Crippen LogP contribution in [0.5, 0.6) is 0 Å². The minimum Gasteiger partial charge on any atom is -0.382 e. The summed E-state index contributed by atoms with van der Waals surface area (Å²) in [6, 6.07) is 1.73. The van der Waals surface area contributed by atoms with Gasteiger partial charge in [-0.25, -0.2) is 4.98 Å². The molecule has 30 heavy (non-hydrogen) atoms. The summed E-state index contributed by atoms with van der Waals surface area (Å²) >= 11 is 6.49. The van der Waals surface area contributed by atoms with Gasteiger partial charge in [-0.1, -0.05) is 11.6 Å². The standard InChI is InChI=1S/C22H33ClN4O3/c1-2-30-14-6-9-24-21(28)17-7-12-26(13-8-17)20-19(23)15-18(16-25-20)22(29)27-10-4-3-5-11-27/h15-17H,2-14H2,1H3,(H,24,28). The number of anilines is 1. The summed E-state index contributed by atoms with van der Waals surface area (Å²) in [5.74, 6) is 0.845. The molecule has 0 spiro atoms. The Morgan fingerprint density at radius 2 is 1.93 bits per heavy atom. The van der Waals surface area contributed by atoms with Gasteiger partial charge >= 0.3 is 0 Å². The third-order valence-electron chi connectivity index (χ3n) is 5.85. The Balaban J connectivity index is 1.49. The second-order valence-corrected chi connectivity index (χ2v) is 8.39. The number of nitrogens with one attached hydrogen (secondary N) is 1. The number of amides is 2. The van der Waals surface area contributed by atoms with E-state index in [4.69, 9.17) is 16.3 Å². The van der Waals surface area contributed by atoms with Crippen molar-refractivity contribution in [1.82, 2.24) is 15.2 Å². The molecule has 2 saturated heterocycles. The summed E-state index contributed by atoms with van der Waals surface area (Å²) in [6.07, 6.45) is 7.30. The van der Waals surface area contributed by atoms with Gasteiger partial charge in [0.15, 0.2) is 0 Å². The number of carbonyl (C=O) groups excluding carboxylic acids is 2. The van der Waals surface area contributed by atoms with Crippen LogP contribution in [0.1, 0.15) is 55.8 Å². The van der Waals surface area contributed by atoms with Crippen molar-refractivity contribution >= 4 is 29.2 Å². The smallest absolute Gasteiger partial charge is 0.255 e. The van der Waals surface area contributed by atoms with Crippen molar-refractivity contribution in [3.63, 3.8) is 0 Å². The van der Waals surface area contributed by atoms with Gasteiger partial charge < -0.3 is 19.9 Å². The number of piperidine rings is 2. The molecule has 0 radical (unpaired) electrons. The Bertz CT molecular complexity index is 716. The highest BCUT2D eigenvalue weighted by Crippen LogP contribution is 2.29. The molecule has 2 aliphatic heterocycles. The number of ether oxygens (including phenoxy) is 1. The van der Waals surface area contributed by atoms with E-state index in [-0.39, 0.29) is 17.7 Å². The summed E-state index contributed by atoms with van der Waals surface area (Å²) in [5.41, 5.74) is 0.548. The summed E-state index contributed by atoms with van der Waals surface area (Å²) < 4.78 is 5.29. The van der Waals surface area contributed by atoms with Gasteiger partial charge in [0.1, 0.15) is 5.82 Å². The first-order chi connectivity index (χ1) is 14.6. The predicted molar refractivity (Wildman–Crippen MR) is 118 cm³/mol. The van der Waals surface area contributed by atoms with Crippen LogP contribution in [0, 0.1) is 5.92 Å². The Morgan fingerprint density at radius 3 is 2.60 bits per heavy atom. The first-order valence-electron chi connectivity index (χ1n) is 11.2. The number of hydrogen-bond acceptors (Lipinski definition) is 5. The summed E-state index contributed by atoms with van der Waals surface area (Å²) in [4.78, 5) is 33.5. The number of pyridine rings is 1. The zero-order chi connectivity index (χ0) is 21.3. The lowest BCUT2D eigenvalue weighted by Gasteiger charge is -2.33. The SMILES string of the molecule is CCOCCCNC(=O)C1CCN(c2ncc(C(=O)N3CCCCC3)cc2Cl)CC1. The van der Waals surface area contributed by atoms with E-state index in [9.17, 15) is 9.59 Å². The van der Waals surface area contributed by atoms with Crippen LogP contribution in [0.25, 0.3) is 0 Å². The number of rotatable bonds is 8. The molecule has 2 aliphatic rings. The molecule has 1 aromatic heterocycles. The second-order valence-electron chi connectivity index (χ2n) is 7.99. The Labute approximate surface area is 184 Å². The van der Waals surface area contributed by atoms with Gasteiger partial charge in [-0.2, -0.15) is 0 Å². The van der Waals surface area contributed by atoms with E-state index in [1.165, 1.54) is 6.42 Å². The molecule has 0 unspecified atom stereocenters. The lowest BCUT2D eigenvalue weighted by molar-refractivity contribution is -0.125. The van der Waals surface area contributed by atoms with Gasteiger partial charge in [0, 0.05) is 58.1 Å². The van der Waals surface area contributed by atoms with Crippen molar-refractivity contribution in [1.29, 1.82) is 0 Å². The molecule has 0 aliphatic carbocycles. The molecule has 0 atom stereocenters. The van der Waals surface area contributed by atoms with Gasteiger partial charge in [-0.3, -0.25) is 9.59 Å². The molecule has 8 heteroatoms. The maximum Gasteiger partial charge on any atom is 0.255 e. The van der Waals surface area contributed by atoms with Crippen LogP contribution >= 0.6 is 11.6 Å². The van der Waals surface area contributed by atoms with E-state index >= 15 is 0 Å². The highest BCUT2D eigenvalue weighted by Gasteiger charge is 2.27. The van der Waals surface area contributed by atoms with Gasteiger partial charge in [-0.15, -0.1) is 0 Å². The zero-order valence-electron chi connectivity index (χ0n) is 17.9. The lowest BCUT2D eigenvalue weighted by atomic mass is 9.96. The summed E-state index contributed by atoms with van der Waals surface area (Å²) in [6.45, 7) is 7.06. The molecular weight excluding hydrogens is 404 g/mol. The predicted octanol–water partition coefficient (Wildman–Crippen LogP) is 3.12. The number of likely N-dealkylation sites (tertiary alicyclic amines) is 1. The summed E-state index contributed by atoms with van der Waals surface area (Å²) in [7, 11) is 0. The molecule has 2 amide bonds. The maximum atomic E-state index is 12.7. The minimum absolute atomic E-state index is 0.00960. The molecule has 7 nitrogen and oxygen atoms in total. The lowest BCUT2D eigenvalue weighted by Crippen LogP contribution is -2.41. The third-order valence-corrected chi connectivity index (χ3v) is 6.12. The van der Waals surface area contributed by atoms with Gasteiger partial charge in [0.25, 0.3) is 5.91 Å². The highest BCUT2D eigenvalue weighted by molar-refractivity contribution is 6.33. The first kappa shape index (κ1) is 22.8. The van der Waals surface area contributed by atoms with E-state index in [1.54, 1.807) is 12.3 Å². The van der Waals surface area contributed by atoms with Gasteiger partial charge in [0.2, 0.25) is 5.91 Å². The fourth-order valence-electron chi connectivity index (χ4n) is 4.09. The molecule has 0 aromatic carbocycles. The summed E-state index contributed by atoms with van der Waals surface area (Å²) in [5, 5.41) is 3.50. The Kier molecular flexibility index (Phi) is 8.75. The normalized spacial score (nSPS) is 17.8. The van der Waals surface area contributed by atoms with Crippen LogP contribution in [0.3, 0.4) is 0 Å². The number of nitrogens with zero attached hydrogens (tertiary/aromatic N) is 3. The van der Waals surface area contributed by atoms with E-state index in [0.29, 0.717) is 36.2 Å². The van der Waals surface area contributed by atoms with Crippen LogP contribution in [0.2, 0.25) is 5.02 Å². The van der Waals surface area contributed by atoms with Crippen molar-refractivity contribution in [3.05, 3.63) is 22.8 Å². The highest BCUT2D eigenvalue weighted by atomic mass is 35.5. The average Bonchev–Trinajstić information content (AvgIpc) is 2.79. The van der Waals surface area contributed by atoms with Crippen molar-refractivity contribution in [2.45, 2.75) is 45.4 Å². The molecule has 2 fully saturated rings. The minimum atomic E-state index is 0.00960. The van der Waals surface area contributed by atoms with Crippen LogP contribution in [0.15, 0.2) is 12.3 Å². The maximum absolute atomic E-state index is 12.7. The van der Waals surface area contributed by atoms with Crippen LogP contribution in [0.4, 0.5) is 5.82 Å². The van der Waals surface area contributed by atoms with E-state index in [2.05, 4.69) is 15.2 Å². The molecular formula is C22H33ClN4O3. The van der Waals surface area contributed by atoms with E-state index in [1.807, 2.05) is 11.8 Å². The number of hydrogen-bond donors (Lipinski definition) is 1. The molecule has 3 rings (SSSR count). The largest absolute Gasteiger partial charge is 0.382 e. The molecule has 1 aromatic rings. The van der Waals surface area contributed by atoms with Crippen molar-refractivity contribution in [2.24, 2.45) is 5.92 Å². The van der Waals surface area contributed by atoms with Gasteiger partial charge in [-0.05, 0) is 51.5 Å². The fraction of sp³-hybridized carbons (Fsp3) is 0.682. The van der Waals surface area contributed by atoms with E-state index < -0.39 is 0 Å². The Morgan fingerprint density at radius 1 is 1.20 bits per heavy atom. The van der Waals surface area contributed by atoms with Crippen LogP contribution in [-0.4, -0.2) is 67.6 Å². The van der Waals surface area contributed by atoms with Crippen molar-refractivity contribution < 1.29 is 14.3 Å². The number of aromatic nitrogens is 1.